The Labute approximate surface area is 165 Å². The first-order chi connectivity index (χ1) is 13.3. The number of nitrogens with one attached hydrogen (secondary N) is 2. The molecule has 2 rings (SSSR count). The highest BCUT2D eigenvalue weighted by atomic mass is 35.5. The highest BCUT2D eigenvalue weighted by molar-refractivity contribution is 6.33. The summed E-state index contributed by atoms with van der Waals surface area (Å²) in [5, 5.41) is 5.46. The van der Waals surface area contributed by atoms with E-state index in [1.54, 1.807) is 25.1 Å². The summed E-state index contributed by atoms with van der Waals surface area (Å²) in [5.41, 5.74) is 0.839. The first-order valence-corrected chi connectivity index (χ1v) is 8.72. The normalized spacial score (nSPS) is 11.6. The van der Waals surface area contributed by atoms with Crippen LogP contribution in [0.15, 0.2) is 42.5 Å². The van der Waals surface area contributed by atoms with Crippen LogP contribution in [0.1, 0.15) is 35.3 Å². The Bertz CT molecular complexity index is 848. The zero-order valence-electron chi connectivity index (χ0n) is 15.2. The van der Waals surface area contributed by atoms with Crippen LogP contribution in [-0.4, -0.2) is 25.7 Å². The van der Waals surface area contributed by atoms with Crippen molar-refractivity contribution in [2.24, 2.45) is 0 Å². The molecule has 0 aliphatic rings. The second-order valence-electron chi connectivity index (χ2n) is 5.66. The number of carbonyl (C=O) groups excluding carboxylic acids is 2. The van der Waals surface area contributed by atoms with Gasteiger partial charge < -0.3 is 20.1 Å². The third-order valence-electron chi connectivity index (χ3n) is 3.85. The summed E-state index contributed by atoms with van der Waals surface area (Å²) in [7, 11) is 1.22. The fourth-order valence-corrected chi connectivity index (χ4v) is 2.76. The molecule has 2 aromatic rings. The van der Waals surface area contributed by atoms with E-state index in [-0.39, 0.29) is 16.3 Å². The Hall–Kier alpha value is -2.87. The minimum atomic E-state index is -2.97. The lowest BCUT2D eigenvalue weighted by atomic mass is 10.0. The molecule has 0 aliphatic carbocycles. The fourth-order valence-electron chi connectivity index (χ4n) is 2.57. The van der Waals surface area contributed by atoms with Crippen LogP contribution in [0.3, 0.4) is 0 Å². The third kappa shape index (κ3) is 5.56. The molecule has 0 saturated carbocycles. The molecular weight excluding hydrogens is 394 g/mol. The molecule has 9 heteroatoms. The Morgan fingerprint density at radius 2 is 1.89 bits per heavy atom. The standard InChI is InChI=1S/C19H19ClF2N2O4/c1-3-15(12-6-4-5-7-16(12)28-18(21)22)24-19(26)23-11-8-9-14(20)13(10-11)17(25)27-2/h4-10,15,18H,3H2,1-2H3,(H2,23,24,26). The summed E-state index contributed by atoms with van der Waals surface area (Å²) in [6.07, 6.45) is 0.436. The maximum absolute atomic E-state index is 12.6. The lowest BCUT2D eigenvalue weighted by Crippen LogP contribution is -2.32. The average Bonchev–Trinajstić information content (AvgIpc) is 2.67. The third-order valence-corrected chi connectivity index (χ3v) is 4.18. The molecule has 150 valence electrons. The largest absolute Gasteiger partial charge is 0.465 e. The van der Waals surface area contributed by atoms with Crippen LogP contribution in [0.25, 0.3) is 0 Å². The molecule has 28 heavy (non-hydrogen) atoms. The van der Waals surface area contributed by atoms with Crippen molar-refractivity contribution in [2.45, 2.75) is 26.0 Å². The van der Waals surface area contributed by atoms with Gasteiger partial charge in [0.1, 0.15) is 5.75 Å². The SMILES string of the molecule is CCC(NC(=O)Nc1ccc(Cl)c(C(=O)OC)c1)c1ccccc1OC(F)F. The van der Waals surface area contributed by atoms with E-state index in [9.17, 15) is 18.4 Å². The van der Waals surface area contributed by atoms with E-state index < -0.39 is 24.7 Å². The van der Waals surface area contributed by atoms with E-state index in [4.69, 9.17) is 11.6 Å². The van der Waals surface area contributed by atoms with Gasteiger partial charge in [0.2, 0.25) is 0 Å². The van der Waals surface area contributed by atoms with E-state index in [0.717, 1.165) is 0 Å². The zero-order chi connectivity index (χ0) is 20.7. The van der Waals surface area contributed by atoms with Crippen molar-refractivity contribution in [3.8, 4) is 5.75 Å². The van der Waals surface area contributed by atoms with Gasteiger partial charge in [0.05, 0.1) is 23.7 Å². The molecule has 1 unspecified atom stereocenters. The van der Waals surface area contributed by atoms with Gasteiger partial charge >= 0.3 is 18.6 Å². The predicted octanol–water partition coefficient (Wildman–Crippen LogP) is 5.00. The van der Waals surface area contributed by atoms with Gasteiger partial charge in [-0.2, -0.15) is 8.78 Å². The number of rotatable bonds is 7. The molecule has 0 heterocycles. The van der Waals surface area contributed by atoms with Crippen molar-refractivity contribution in [3.63, 3.8) is 0 Å². The number of amides is 2. The molecule has 2 N–H and O–H groups in total. The molecule has 0 spiro atoms. The number of esters is 1. The molecule has 0 aliphatic heterocycles. The number of urea groups is 1. The molecule has 0 aromatic heterocycles. The lowest BCUT2D eigenvalue weighted by molar-refractivity contribution is -0.0506. The van der Waals surface area contributed by atoms with Crippen LogP contribution in [0, 0.1) is 0 Å². The highest BCUT2D eigenvalue weighted by Crippen LogP contribution is 2.28. The molecule has 0 saturated heterocycles. The highest BCUT2D eigenvalue weighted by Gasteiger charge is 2.19. The van der Waals surface area contributed by atoms with E-state index >= 15 is 0 Å². The van der Waals surface area contributed by atoms with Crippen molar-refractivity contribution < 1.29 is 27.8 Å². The van der Waals surface area contributed by atoms with Crippen molar-refractivity contribution in [1.82, 2.24) is 5.32 Å². The van der Waals surface area contributed by atoms with Gasteiger partial charge in [-0.15, -0.1) is 0 Å². The lowest BCUT2D eigenvalue weighted by Gasteiger charge is -2.21. The van der Waals surface area contributed by atoms with Gasteiger partial charge in [0, 0.05) is 11.3 Å². The smallest absolute Gasteiger partial charge is 0.387 e. The average molecular weight is 413 g/mol. The number of halogens is 3. The quantitative estimate of drug-likeness (QED) is 0.627. The Morgan fingerprint density at radius 3 is 2.54 bits per heavy atom. The minimum Gasteiger partial charge on any atom is -0.465 e. The summed E-state index contributed by atoms with van der Waals surface area (Å²) >= 11 is 5.95. The number of benzene rings is 2. The maximum atomic E-state index is 12.6. The Kier molecular flexibility index (Phi) is 7.57. The van der Waals surface area contributed by atoms with Gasteiger partial charge in [-0.3, -0.25) is 0 Å². The summed E-state index contributed by atoms with van der Waals surface area (Å²) in [6, 6.07) is 9.43. The Morgan fingerprint density at radius 1 is 1.18 bits per heavy atom. The van der Waals surface area contributed by atoms with Crippen LogP contribution in [0.2, 0.25) is 5.02 Å². The fraction of sp³-hybridized carbons (Fsp3) is 0.263. The van der Waals surface area contributed by atoms with E-state index in [1.807, 2.05) is 0 Å². The number of para-hydroxylation sites is 1. The molecule has 2 amide bonds. The molecule has 6 nitrogen and oxygen atoms in total. The zero-order valence-corrected chi connectivity index (χ0v) is 15.9. The van der Waals surface area contributed by atoms with Crippen LogP contribution in [0.4, 0.5) is 19.3 Å². The summed E-state index contributed by atoms with van der Waals surface area (Å²) in [5.74, 6) is -0.650. The van der Waals surface area contributed by atoms with Gasteiger partial charge in [-0.25, -0.2) is 9.59 Å². The van der Waals surface area contributed by atoms with Crippen molar-refractivity contribution in [3.05, 3.63) is 58.6 Å². The molecule has 0 fully saturated rings. The van der Waals surface area contributed by atoms with Crippen LogP contribution < -0.4 is 15.4 Å². The topological polar surface area (TPSA) is 76.7 Å². The first kappa shape index (κ1) is 21.4. The number of hydrogen-bond donors (Lipinski definition) is 2. The molecular formula is C19H19ClF2N2O4. The van der Waals surface area contributed by atoms with E-state index in [2.05, 4.69) is 20.1 Å². The van der Waals surface area contributed by atoms with Gasteiger partial charge in [0.15, 0.2) is 0 Å². The number of anilines is 1. The Balaban J connectivity index is 2.15. The van der Waals surface area contributed by atoms with Crippen LogP contribution in [-0.2, 0) is 4.74 Å². The number of ether oxygens (including phenoxy) is 2. The summed E-state index contributed by atoms with van der Waals surface area (Å²) in [6.45, 7) is -1.18. The van der Waals surface area contributed by atoms with Crippen molar-refractivity contribution >= 4 is 29.3 Å². The molecule has 0 bridgehead atoms. The summed E-state index contributed by atoms with van der Waals surface area (Å²) < 4.78 is 34.4. The molecule has 2 aromatic carbocycles. The number of methoxy groups -OCH3 is 1. The van der Waals surface area contributed by atoms with E-state index in [1.165, 1.54) is 31.4 Å². The van der Waals surface area contributed by atoms with Crippen LogP contribution >= 0.6 is 11.6 Å². The minimum absolute atomic E-state index is 0.0101. The molecule has 1 atom stereocenters. The second-order valence-corrected chi connectivity index (χ2v) is 6.07. The predicted molar refractivity (Wildman–Crippen MR) is 101 cm³/mol. The number of alkyl halides is 2. The first-order valence-electron chi connectivity index (χ1n) is 8.34. The van der Waals surface area contributed by atoms with Crippen LogP contribution in [0.5, 0.6) is 5.75 Å². The molecule has 0 radical (unpaired) electrons. The second kappa shape index (κ2) is 9.89. The van der Waals surface area contributed by atoms with Gasteiger partial charge in [-0.1, -0.05) is 36.7 Å². The van der Waals surface area contributed by atoms with Gasteiger partial charge in [-0.05, 0) is 30.7 Å². The van der Waals surface area contributed by atoms with Crippen molar-refractivity contribution in [1.29, 1.82) is 0 Å². The summed E-state index contributed by atoms with van der Waals surface area (Å²) in [4.78, 5) is 24.1. The number of hydrogen-bond acceptors (Lipinski definition) is 4. The van der Waals surface area contributed by atoms with Crippen molar-refractivity contribution in [2.75, 3.05) is 12.4 Å². The van der Waals surface area contributed by atoms with Gasteiger partial charge in [0.25, 0.3) is 0 Å². The number of carbonyl (C=O) groups is 2. The van der Waals surface area contributed by atoms with E-state index in [0.29, 0.717) is 17.7 Å². The monoisotopic (exact) mass is 412 g/mol. The maximum Gasteiger partial charge on any atom is 0.387 e.